The van der Waals surface area contributed by atoms with Gasteiger partial charge in [-0.1, -0.05) is 54.6 Å². The summed E-state index contributed by atoms with van der Waals surface area (Å²) in [5.74, 6) is -1.65. The van der Waals surface area contributed by atoms with Crippen molar-refractivity contribution in [3.05, 3.63) is 95.1 Å². The van der Waals surface area contributed by atoms with E-state index < -0.39 is 17.8 Å². The summed E-state index contributed by atoms with van der Waals surface area (Å²) in [6.45, 7) is 1.32. The Kier molecular flexibility index (Phi) is 3.72. The molecule has 0 spiro atoms. The number of carbonyl (C=O) groups is 3. The summed E-state index contributed by atoms with van der Waals surface area (Å²) < 4.78 is 5.17. The highest BCUT2D eigenvalue weighted by molar-refractivity contribution is 6.23. The molecule has 4 aliphatic rings. The smallest absolute Gasteiger partial charge is 0.308 e. The molecule has 3 aromatic carbocycles. The summed E-state index contributed by atoms with van der Waals surface area (Å²) in [6, 6.07) is 22.9. The Hall–Kier alpha value is -3.73. The topological polar surface area (TPSA) is 63.7 Å². The maximum Gasteiger partial charge on any atom is 0.308 e. The normalized spacial score (nSPS) is 25.1. The fourth-order valence-electron chi connectivity index (χ4n) is 5.78. The lowest BCUT2D eigenvalue weighted by Gasteiger charge is -2.45. The van der Waals surface area contributed by atoms with Crippen molar-refractivity contribution in [2.75, 3.05) is 4.90 Å². The highest BCUT2D eigenvalue weighted by Gasteiger charge is 2.61. The number of hydrogen-bond donors (Lipinski definition) is 0. The average Bonchev–Trinajstić information content (AvgIpc) is 3.04. The van der Waals surface area contributed by atoms with Crippen molar-refractivity contribution in [3.63, 3.8) is 0 Å². The highest BCUT2D eigenvalue weighted by atomic mass is 16.5. The van der Waals surface area contributed by atoms with Gasteiger partial charge in [0.05, 0.1) is 17.5 Å². The van der Waals surface area contributed by atoms with Gasteiger partial charge in [-0.15, -0.1) is 0 Å². The Balaban J connectivity index is 1.50. The summed E-state index contributed by atoms with van der Waals surface area (Å²) in [5.41, 5.74) is 5.01. The summed E-state index contributed by atoms with van der Waals surface area (Å²) in [5, 5.41) is 0. The van der Waals surface area contributed by atoms with Gasteiger partial charge in [0.15, 0.2) is 0 Å². The molecule has 2 bridgehead atoms. The van der Waals surface area contributed by atoms with Gasteiger partial charge >= 0.3 is 5.97 Å². The lowest BCUT2D eigenvalue weighted by atomic mass is 9.55. The number of ether oxygens (including phenoxy) is 1. The fourth-order valence-corrected chi connectivity index (χ4v) is 5.78. The minimum absolute atomic E-state index is 0.138. The second kappa shape index (κ2) is 6.38. The molecule has 0 N–H and O–H groups in total. The molecule has 1 aliphatic heterocycles. The SMILES string of the molecule is CC(=O)Oc1cccc(N2C(=O)[C@@H]3C4c5ccccc5C(c5ccccc54)[C@H]3C2=O)c1. The molecule has 152 valence electrons. The van der Waals surface area contributed by atoms with Crippen LogP contribution in [0.4, 0.5) is 5.69 Å². The zero-order valence-electron chi connectivity index (χ0n) is 16.8. The number of carbonyl (C=O) groups excluding carboxylic acids is 3. The van der Waals surface area contributed by atoms with Crippen LogP contribution in [0.1, 0.15) is 41.0 Å². The molecule has 0 unspecified atom stereocenters. The van der Waals surface area contributed by atoms with Crippen molar-refractivity contribution < 1.29 is 19.1 Å². The van der Waals surface area contributed by atoms with Crippen LogP contribution in [0, 0.1) is 11.8 Å². The Labute approximate surface area is 179 Å². The maximum absolute atomic E-state index is 13.7. The molecule has 0 saturated carbocycles. The first kappa shape index (κ1) is 18.1. The van der Waals surface area contributed by atoms with Crippen LogP contribution in [0.5, 0.6) is 5.75 Å². The zero-order chi connectivity index (χ0) is 21.3. The highest BCUT2D eigenvalue weighted by Crippen LogP contribution is 2.61. The first-order chi connectivity index (χ1) is 15.1. The first-order valence-electron chi connectivity index (χ1n) is 10.4. The van der Waals surface area contributed by atoms with E-state index in [1.165, 1.54) is 11.8 Å². The predicted octanol–water partition coefficient (Wildman–Crippen LogP) is 4.01. The molecule has 3 aliphatic carbocycles. The minimum Gasteiger partial charge on any atom is -0.427 e. The van der Waals surface area contributed by atoms with Crippen LogP contribution in [0.3, 0.4) is 0 Å². The third-order valence-corrected chi connectivity index (χ3v) is 6.79. The van der Waals surface area contributed by atoms with Gasteiger partial charge in [-0.3, -0.25) is 14.4 Å². The molecule has 1 heterocycles. The summed E-state index contributed by atoms with van der Waals surface area (Å²) in [7, 11) is 0. The number of benzene rings is 3. The monoisotopic (exact) mass is 409 g/mol. The number of anilines is 1. The molecule has 0 radical (unpaired) electrons. The van der Waals surface area contributed by atoms with Gasteiger partial charge in [0.1, 0.15) is 5.75 Å². The van der Waals surface area contributed by atoms with Crippen LogP contribution in [-0.4, -0.2) is 17.8 Å². The van der Waals surface area contributed by atoms with Gasteiger partial charge in [-0.2, -0.15) is 0 Å². The van der Waals surface area contributed by atoms with E-state index in [9.17, 15) is 14.4 Å². The molecule has 3 aromatic rings. The van der Waals surface area contributed by atoms with E-state index in [1.54, 1.807) is 24.3 Å². The second-order valence-corrected chi connectivity index (χ2v) is 8.37. The van der Waals surface area contributed by atoms with Crippen LogP contribution in [0.2, 0.25) is 0 Å². The molecule has 31 heavy (non-hydrogen) atoms. The third-order valence-electron chi connectivity index (χ3n) is 6.79. The number of hydrogen-bond acceptors (Lipinski definition) is 4. The molecule has 5 heteroatoms. The van der Waals surface area contributed by atoms with E-state index >= 15 is 0 Å². The van der Waals surface area contributed by atoms with Crippen molar-refractivity contribution in [3.8, 4) is 5.75 Å². The second-order valence-electron chi connectivity index (χ2n) is 8.37. The number of esters is 1. The lowest BCUT2D eigenvalue weighted by molar-refractivity contribution is -0.132. The quantitative estimate of drug-likeness (QED) is 0.365. The number of rotatable bonds is 2. The van der Waals surface area contributed by atoms with Crippen LogP contribution in [-0.2, 0) is 14.4 Å². The van der Waals surface area contributed by atoms with E-state index in [0.717, 1.165) is 22.3 Å². The Morgan fingerprint density at radius 3 is 1.68 bits per heavy atom. The Morgan fingerprint density at radius 1 is 0.742 bits per heavy atom. The molecular weight excluding hydrogens is 390 g/mol. The van der Waals surface area contributed by atoms with Gasteiger partial charge in [-0.05, 0) is 34.4 Å². The van der Waals surface area contributed by atoms with Gasteiger partial charge in [-0.25, -0.2) is 4.90 Å². The van der Waals surface area contributed by atoms with Crippen molar-refractivity contribution >= 4 is 23.5 Å². The predicted molar refractivity (Wildman–Crippen MR) is 114 cm³/mol. The standard InChI is InChI=1S/C26H19NO4/c1-14(28)31-16-8-6-7-15(13-16)27-25(29)23-21-17-9-2-3-10-18(17)22(24(23)26(27)30)20-12-5-4-11-19(20)21/h2-13,21-24H,1H3/t21?,22?,23-,24-/m1/s1. The van der Waals surface area contributed by atoms with Crippen LogP contribution >= 0.6 is 0 Å². The molecule has 2 atom stereocenters. The first-order valence-corrected chi connectivity index (χ1v) is 10.4. The summed E-state index contributed by atoms with van der Waals surface area (Å²) >= 11 is 0. The van der Waals surface area contributed by atoms with Crippen LogP contribution < -0.4 is 9.64 Å². The van der Waals surface area contributed by atoms with Crippen molar-refractivity contribution in [2.45, 2.75) is 18.8 Å². The molecule has 2 amide bonds. The number of nitrogens with zero attached hydrogens (tertiary/aromatic N) is 1. The van der Waals surface area contributed by atoms with Crippen molar-refractivity contribution in [1.29, 1.82) is 0 Å². The van der Waals surface area contributed by atoms with Crippen molar-refractivity contribution in [2.24, 2.45) is 11.8 Å². The van der Waals surface area contributed by atoms with E-state index in [2.05, 4.69) is 24.3 Å². The fraction of sp³-hybridized carbons (Fsp3) is 0.192. The maximum atomic E-state index is 13.7. The molecule has 0 aromatic heterocycles. The van der Waals surface area contributed by atoms with E-state index in [-0.39, 0.29) is 23.7 Å². The van der Waals surface area contributed by atoms with Gasteiger partial charge in [0, 0.05) is 24.8 Å². The van der Waals surface area contributed by atoms with Gasteiger partial charge in [0.2, 0.25) is 11.8 Å². The Bertz CT molecular complexity index is 1160. The molecule has 5 nitrogen and oxygen atoms in total. The van der Waals surface area contributed by atoms with Gasteiger partial charge in [0.25, 0.3) is 0 Å². The van der Waals surface area contributed by atoms with E-state index in [4.69, 9.17) is 4.74 Å². The summed E-state index contributed by atoms with van der Waals surface area (Å²) in [4.78, 5) is 40.0. The lowest BCUT2D eigenvalue weighted by Crippen LogP contribution is -2.41. The molecule has 1 fully saturated rings. The van der Waals surface area contributed by atoms with Crippen LogP contribution in [0.25, 0.3) is 0 Å². The Morgan fingerprint density at radius 2 is 1.23 bits per heavy atom. The number of amides is 2. The van der Waals surface area contributed by atoms with Crippen LogP contribution in [0.15, 0.2) is 72.8 Å². The van der Waals surface area contributed by atoms with Gasteiger partial charge < -0.3 is 4.74 Å². The van der Waals surface area contributed by atoms with Crippen molar-refractivity contribution in [1.82, 2.24) is 0 Å². The van der Waals surface area contributed by atoms with E-state index in [0.29, 0.717) is 11.4 Å². The minimum atomic E-state index is -0.450. The molecular formula is C26H19NO4. The molecule has 7 rings (SSSR count). The van der Waals surface area contributed by atoms with E-state index in [1.807, 2.05) is 24.3 Å². The molecule has 1 saturated heterocycles. The average molecular weight is 409 g/mol. The summed E-state index contributed by atoms with van der Waals surface area (Å²) in [6.07, 6.45) is 0. The largest absolute Gasteiger partial charge is 0.427 e. The third kappa shape index (κ3) is 2.40. The zero-order valence-corrected chi connectivity index (χ0v) is 16.8. The number of imide groups is 1.